The number of nitrogens with zero attached hydrogens (tertiary/aromatic N) is 2. The minimum absolute atomic E-state index is 0.0437. The van der Waals surface area contributed by atoms with E-state index in [1.54, 1.807) is 14.2 Å². The van der Waals surface area contributed by atoms with E-state index in [2.05, 4.69) is 15.5 Å². The zero-order valence-corrected chi connectivity index (χ0v) is 17.0. The van der Waals surface area contributed by atoms with Crippen LogP contribution in [0.2, 0.25) is 0 Å². The highest BCUT2D eigenvalue weighted by molar-refractivity contribution is 7.99. The Bertz CT molecular complexity index is 841. The van der Waals surface area contributed by atoms with E-state index in [1.807, 2.05) is 18.2 Å². The van der Waals surface area contributed by atoms with Crippen LogP contribution in [0.3, 0.4) is 0 Å². The molecule has 1 aromatic heterocycles. The SMILES string of the molecule is COc1ccc(Cc2nnc(SCC(=O)N[C@@H]3C[C@@H]4CC[C@@H]3C4)o2)cc1OC. The van der Waals surface area contributed by atoms with E-state index >= 15 is 0 Å². The third-order valence-corrected chi connectivity index (χ3v) is 6.48. The number of thioether (sulfide) groups is 1. The fourth-order valence-corrected chi connectivity index (χ4v) is 4.92. The Morgan fingerprint density at radius 1 is 1.21 bits per heavy atom. The van der Waals surface area contributed by atoms with Gasteiger partial charge in [0.05, 0.1) is 26.4 Å². The van der Waals surface area contributed by atoms with Crippen molar-refractivity contribution in [3.63, 3.8) is 0 Å². The average Bonchev–Trinajstić information content (AvgIpc) is 3.43. The number of amides is 1. The van der Waals surface area contributed by atoms with Crippen molar-refractivity contribution in [3.8, 4) is 11.5 Å². The van der Waals surface area contributed by atoms with Crippen LogP contribution in [0.4, 0.5) is 0 Å². The van der Waals surface area contributed by atoms with Crippen LogP contribution in [0.25, 0.3) is 0 Å². The van der Waals surface area contributed by atoms with Crippen molar-refractivity contribution in [2.24, 2.45) is 11.8 Å². The first kappa shape index (κ1) is 19.1. The number of fused-ring (bicyclic) bond motifs is 2. The number of aromatic nitrogens is 2. The van der Waals surface area contributed by atoms with Gasteiger partial charge in [-0.05, 0) is 48.8 Å². The lowest BCUT2D eigenvalue weighted by atomic mass is 9.95. The Kier molecular flexibility index (Phi) is 5.75. The molecule has 0 radical (unpaired) electrons. The summed E-state index contributed by atoms with van der Waals surface area (Å²) in [5, 5.41) is 11.7. The molecule has 0 aliphatic heterocycles. The number of methoxy groups -OCH3 is 2. The van der Waals surface area contributed by atoms with E-state index in [0.29, 0.717) is 46.7 Å². The van der Waals surface area contributed by atoms with Gasteiger partial charge in [0.15, 0.2) is 11.5 Å². The second-order valence-corrected chi connectivity index (χ2v) is 8.39. The molecule has 150 valence electrons. The number of rotatable bonds is 8. The maximum Gasteiger partial charge on any atom is 0.277 e. The van der Waals surface area contributed by atoms with Gasteiger partial charge in [-0.25, -0.2) is 0 Å². The highest BCUT2D eigenvalue weighted by Crippen LogP contribution is 2.44. The molecule has 1 N–H and O–H groups in total. The Hall–Kier alpha value is -2.22. The maximum atomic E-state index is 12.2. The summed E-state index contributed by atoms with van der Waals surface area (Å²) in [6.07, 6.45) is 5.49. The quantitative estimate of drug-likeness (QED) is 0.678. The third kappa shape index (κ3) is 4.27. The molecular weight excluding hydrogens is 378 g/mol. The molecule has 28 heavy (non-hydrogen) atoms. The molecule has 4 rings (SSSR count). The molecular formula is C20H25N3O4S. The number of carbonyl (C=O) groups is 1. The highest BCUT2D eigenvalue weighted by Gasteiger charge is 2.40. The van der Waals surface area contributed by atoms with Crippen molar-refractivity contribution in [1.82, 2.24) is 15.5 Å². The first-order chi connectivity index (χ1) is 13.6. The summed E-state index contributed by atoms with van der Waals surface area (Å²) in [6, 6.07) is 6.02. The second kappa shape index (κ2) is 8.43. The van der Waals surface area contributed by atoms with Gasteiger partial charge < -0.3 is 19.2 Å². The molecule has 1 amide bonds. The van der Waals surface area contributed by atoms with Crippen molar-refractivity contribution in [2.45, 2.75) is 43.4 Å². The van der Waals surface area contributed by atoms with Crippen LogP contribution in [0, 0.1) is 11.8 Å². The molecule has 0 saturated heterocycles. The minimum atomic E-state index is 0.0437. The fraction of sp³-hybridized carbons (Fsp3) is 0.550. The molecule has 3 atom stereocenters. The summed E-state index contributed by atoms with van der Waals surface area (Å²) in [7, 11) is 3.21. The lowest BCUT2D eigenvalue weighted by molar-refractivity contribution is -0.119. The number of benzene rings is 1. The summed E-state index contributed by atoms with van der Waals surface area (Å²) >= 11 is 1.28. The largest absolute Gasteiger partial charge is 0.493 e. The fourth-order valence-electron chi connectivity index (χ4n) is 4.33. The number of nitrogens with one attached hydrogen (secondary N) is 1. The Labute approximate surface area is 168 Å². The zero-order chi connectivity index (χ0) is 19.5. The lowest BCUT2D eigenvalue weighted by Crippen LogP contribution is -2.39. The van der Waals surface area contributed by atoms with E-state index in [1.165, 1.54) is 31.0 Å². The molecule has 2 aromatic rings. The molecule has 1 heterocycles. The van der Waals surface area contributed by atoms with Crippen LogP contribution >= 0.6 is 11.8 Å². The van der Waals surface area contributed by atoms with Crippen molar-refractivity contribution in [3.05, 3.63) is 29.7 Å². The molecule has 2 bridgehead atoms. The number of ether oxygens (including phenoxy) is 2. The van der Waals surface area contributed by atoms with Gasteiger partial charge >= 0.3 is 0 Å². The normalized spacial score (nSPS) is 23.0. The zero-order valence-electron chi connectivity index (χ0n) is 16.1. The lowest BCUT2D eigenvalue weighted by Gasteiger charge is -2.22. The Balaban J connectivity index is 1.28. The number of hydrogen-bond donors (Lipinski definition) is 1. The second-order valence-electron chi connectivity index (χ2n) is 7.47. The predicted molar refractivity (Wildman–Crippen MR) is 105 cm³/mol. The molecule has 0 unspecified atom stereocenters. The molecule has 8 heteroatoms. The summed E-state index contributed by atoms with van der Waals surface area (Å²) in [5.41, 5.74) is 0.979. The molecule has 7 nitrogen and oxygen atoms in total. The molecule has 1 aromatic carbocycles. The van der Waals surface area contributed by atoms with Crippen LogP contribution < -0.4 is 14.8 Å². The van der Waals surface area contributed by atoms with Gasteiger partial charge in [-0.2, -0.15) is 0 Å². The van der Waals surface area contributed by atoms with Crippen molar-refractivity contribution in [2.75, 3.05) is 20.0 Å². The Morgan fingerprint density at radius 2 is 2.07 bits per heavy atom. The molecule has 2 aliphatic carbocycles. The number of carbonyl (C=O) groups excluding carboxylic acids is 1. The highest BCUT2D eigenvalue weighted by atomic mass is 32.2. The van der Waals surface area contributed by atoms with Gasteiger partial charge in [-0.1, -0.05) is 24.2 Å². The van der Waals surface area contributed by atoms with E-state index < -0.39 is 0 Å². The molecule has 2 aliphatic rings. The summed E-state index contributed by atoms with van der Waals surface area (Å²) in [4.78, 5) is 12.2. The van der Waals surface area contributed by atoms with Crippen LogP contribution in [0.15, 0.2) is 27.8 Å². The van der Waals surface area contributed by atoms with E-state index in [9.17, 15) is 4.79 Å². The minimum Gasteiger partial charge on any atom is -0.493 e. The smallest absolute Gasteiger partial charge is 0.277 e. The van der Waals surface area contributed by atoms with E-state index in [0.717, 1.165) is 17.9 Å². The van der Waals surface area contributed by atoms with Crippen molar-refractivity contribution in [1.29, 1.82) is 0 Å². The van der Waals surface area contributed by atoms with Crippen LogP contribution in [0.5, 0.6) is 11.5 Å². The molecule has 2 fully saturated rings. The maximum absolute atomic E-state index is 12.2. The molecule has 2 saturated carbocycles. The monoisotopic (exact) mass is 403 g/mol. The van der Waals surface area contributed by atoms with Gasteiger partial charge in [0, 0.05) is 6.04 Å². The van der Waals surface area contributed by atoms with Crippen LogP contribution in [-0.4, -0.2) is 42.1 Å². The van der Waals surface area contributed by atoms with Crippen LogP contribution in [0.1, 0.15) is 37.1 Å². The van der Waals surface area contributed by atoms with Crippen LogP contribution in [-0.2, 0) is 11.2 Å². The van der Waals surface area contributed by atoms with E-state index in [-0.39, 0.29) is 5.91 Å². The first-order valence-electron chi connectivity index (χ1n) is 9.60. The number of hydrogen-bond acceptors (Lipinski definition) is 7. The Morgan fingerprint density at radius 3 is 2.79 bits per heavy atom. The third-order valence-electron chi connectivity index (χ3n) is 5.66. The standard InChI is InChI=1S/C20H25N3O4S/c1-25-16-6-4-13(9-17(16)26-2)10-19-22-23-20(27-19)28-11-18(24)21-15-8-12-3-5-14(15)7-12/h4,6,9,12,14-15H,3,5,7-8,10-11H2,1-2H3,(H,21,24)/t12-,14-,15-/m1/s1. The van der Waals surface area contributed by atoms with Gasteiger partial charge in [-0.3, -0.25) is 4.79 Å². The van der Waals surface area contributed by atoms with Gasteiger partial charge in [0.2, 0.25) is 11.8 Å². The summed E-state index contributed by atoms with van der Waals surface area (Å²) < 4.78 is 16.2. The van der Waals surface area contributed by atoms with Crippen molar-refractivity contribution >= 4 is 17.7 Å². The van der Waals surface area contributed by atoms with Gasteiger partial charge in [0.1, 0.15) is 0 Å². The average molecular weight is 404 g/mol. The topological polar surface area (TPSA) is 86.5 Å². The summed E-state index contributed by atoms with van der Waals surface area (Å²) in [6.45, 7) is 0. The first-order valence-corrected chi connectivity index (χ1v) is 10.6. The summed E-state index contributed by atoms with van der Waals surface area (Å²) in [5.74, 6) is 3.67. The van der Waals surface area contributed by atoms with E-state index in [4.69, 9.17) is 13.9 Å². The molecule has 0 spiro atoms. The van der Waals surface area contributed by atoms with Crippen molar-refractivity contribution < 1.29 is 18.7 Å². The van der Waals surface area contributed by atoms with Gasteiger partial charge in [0.25, 0.3) is 5.22 Å². The predicted octanol–water partition coefficient (Wildman–Crippen LogP) is 3.07. The van der Waals surface area contributed by atoms with Gasteiger partial charge in [-0.15, -0.1) is 10.2 Å².